The molecule has 0 fully saturated rings. The minimum absolute atomic E-state index is 0.164. The Morgan fingerprint density at radius 1 is 1.22 bits per heavy atom. The van der Waals surface area contributed by atoms with Crippen molar-refractivity contribution in [3.8, 4) is 5.75 Å². The van der Waals surface area contributed by atoms with Crippen molar-refractivity contribution in [3.63, 3.8) is 0 Å². The van der Waals surface area contributed by atoms with Gasteiger partial charge in [-0.15, -0.1) is 0 Å². The monoisotopic (exact) mass is 330 g/mol. The van der Waals surface area contributed by atoms with Crippen molar-refractivity contribution in [2.24, 2.45) is 5.41 Å². The van der Waals surface area contributed by atoms with Gasteiger partial charge in [-0.1, -0.05) is 13.8 Å². The van der Waals surface area contributed by atoms with Crippen molar-refractivity contribution in [1.29, 1.82) is 0 Å². The molecule has 0 radical (unpaired) electrons. The van der Waals surface area contributed by atoms with Gasteiger partial charge in [0, 0.05) is 11.0 Å². The third kappa shape index (κ3) is 3.99. The van der Waals surface area contributed by atoms with E-state index in [1.807, 2.05) is 13.8 Å². The summed E-state index contributed by atoms with van der Waals surface area (Å²) in [6.07, 6.45) is -4.37. The van der Waals surface area contributed by atoms with Crippen molar-refractivity contribution in [2.45, 2.75) is 33.9 Å². The molecule has 0 spiro atoms. The zero-order valence-electron chi connectivity index (χ0n) is 13.7. The lowest BCUT2D eigenvalue weighted by Crippen LogP contribution is -2.29. The van der Waals surface area contributed by atoms with Gasteiger partial charge < -0.3 is 14.6 Å². The molecule has 6 heteroatoms. The number of rotatable bonds is 3. The van der Waals surface area contributed by atoms with Gasteiger partial charge in [0.05, 0.1) is 13.2 Å². The van der Waals surface area contributed by atoms with Gasteiger partial charge in [0.15, 0.2) is 6.61 Å². The van der Waals surface area contributed by atoms with Crippen molar-refractivity contribution in [2.75, 3.05) is 19.8 Å². The highest BCUT2D eigenvalue weighted by Crippen LogP contribution is 2.38. The Kier molecular flexibility index (Phi) is 4.66. The van der Waals surface area contributed by atoms with Crippen LogP contribution in [0.15, 0.2) is 17.9 Å². The van der Waals surface area contributed by atoms with Crippen LogP contribution in [0.25, 0.3) is 5.57 Å². The van der Waals surface area contributed by atoms with Gasteiger partial charge in [-0.25, -0.2) is 0 Å². The molecule has 3 nitrogen and oxygen atoms in total. The first-order valence-corrected chi connectivity index (χ1v) is 7.33. The molecule has 0 atom stereocenters. The van der Waals surface area contributed by atoms with Crippen LogP contribution in [-0.4, -0.2) is 31.1 Å². The fourth-order valence-electron chi connectivity index (χ4n) is 2.79. The van der Waals surface area contributed by atoms with Crippen LogP contribution in [0.5, 0.6) is 5.75 Å². The van der Waals surface area contributed by atoms with E-state index >= 15 is 0 Å². The summed E-state index contributed by atoms with van der Waals surface area (Å²) in [7, 11) is 0. The van der Waals surface area contributed by atoms with Crippen LogP contribution < -0.4 is 4.74 Å². The molecule has 2 rings (SSSR count). The summed E-state index contributed by atoms with van der Waals surface area (Å²) in [4.78, 5) is 0. The SMILES string of the molecule is Cc1cc(OCC(F)(F)F)cc(C)c1C1=C(O)C(C)(C)COC1. The van der Waals surface area contributed by atoms with Crippen LogP contribution in [0.3, 0.4) is 0 Å². The third-order valence-corrected chi connectivity index (χ3v) is 3.85. The molecule has 1 N–H and O–H groups in total. The molecule has 1 aromatic rings. The number of ether oxygens (including phenoxy) is 2. The molecule has 1 aliphatic rings. The molecule has 0 bridgehead atoms. The number of hydrogen-bond acceptors (Lipinski definition) is 3. The topological polar surface area (TPSA) is 38.7 Å². The summed E-state index contributed by atoms with van der Waals surface area (Å²) in [5.74, 6) is 0.427. The molecule has 23 heavy (non-hydrogen) atoms. The number of aliphatic hydroxyl groups excluding tert-OH is 1. The van der Waals surface area contributed by atoms with E-state index in [0.29, 0.717) is 12.2 Å². The van der Waals surface area contributed by atoms with E-state index < -0.39 is 18.2 Å². The number of benzene rings is 1. The molecule has 1 aromatic carbocycles. The molecular weight excluding hydrogens is 309 g/mol. The van der Waals surface area contributed by atoms with Crippen LogP contribution in [-0.2, 0) is 4.74 Å². The second-order valence-electron chi connectivity index (χ2n) is 6.54. The van der Waals surface area contributed by atoms with Crippen LogP contribution in [0.1, 0.15) is 30.5 Å². The number of aliphatic hydroxyl groups is 1. The van der Waals surface area contributed by atoms with Crippen LogP contribution in [0.4, 0.5) is 13.2 Å². The predicted octanol–water partition coefficient (Wildman–Crippen LogP) is 4.57. The maximum Gasteiger partial charge on any atom is 0.422 e. The highest BCUT2D eigenvalue weighted by atomic mass is 19.4. The molecule has 0 saturated heterocycles. The molecule has 0 saturated carbocycles. The summed E-state index contributed by atoms with van der Waals surface area (Å²) in [6, 6.07) is 3.10. The fourth-order valence-corrected chi connectivity index (χ4v) is 2.79. The van der Waals surface area contributed by atoms with E-state index in [1.165, 1.54) is 0 Å². The molecule has 0 aromatic heterocycles. The van der Waals surface area contributed by atoms with E-state index in [9.17, 15) is 18.3 Å². The Balaban J connectivity index is 2.38. The lowest BCUT2D eigenvalue weighted by molar-refractivity contribution is -0.153. The van der Waals surface area contributed by atoms with Crippen molar-refractivity contribution < 1.29 is 27.8 Å². The van der Waals surface area contributed by atoms with Crippen molar-refractivity contribution in [3.05, 3.63) is 34.6 Å². The van der Waals surface area contributed by atoms with E-state index in [4.69, 9.17) is 9.47 Å². The first kappa shape index (κ1) is 17.7. The van der Waals surface area contributed by atoms with Gasteiger partial charge in [0.2, 0.25) is 0 Å². The second kappa shape index (κ2) is 6.07. The minimum Gasteiger partial charge on any atom is -0.511 e. The first-order chi connectivity index (χ1) is 10.5. The Morgan fingerprint density at radius 2 is 1.78 bits per heavy atom. The third-order valence-electron chi connectivity index (χ3n) is 3.85. The maximum absolute atomic E-state index is 12.3. The summed E-state index contributed by atoms with van der Waals surface area (Å²) in [6.45, 7) is 6.71. The average molecular weight is 330 g/mol. The van der Waals surface area contributed by atoms with Gasteiger partial charge >= 0.3 is 6.18 Å². The number of aryl methyl sites for hydroxylation is 2. The lowest BCUT2D eigenvalue weighted by Gasteiger charge is -2.32. The molecule has 0 aliphatic carbocycles. The zero-order chi connectivity index (χ0) is 17.4. The van der Waals surface area contributed by atoms with Gasteiger partial charge in [0.25, 0.3) is 0 Å². The van der Waals surface area contributed by atoms with Crippen LogP contribution in [0, 0.1) is 19.3 Å². The van der Waals surface area contributed by atoms with Crippen LogP contribution >= 0.6 is 0 Å². The van der Waals surface area contributed by atoms with E-state index in [1.54, 1.807) is 26.0 Å². The smallest absolute Gasteiger partial charge is 0.422 e. The molecular formula is C17H21F3O3. The molecule has 128 valence electrons. The number of halogens is 3. The summed E-state index contributed by atoms with van der Waals surface area (Å²) >= 11 is 0. The summed E-state index contributed by atoms with van der Waals surface area (Å²) in [5, 5.41) is 10.5. The Morgan fingerprint density at radius 3 is 2.30 bits per heavy atom. The largest absolute Gasteiger partial charge is 0.511 e. The van der Waals surface area contributed by atoms with E-state index in [-0.39, 0.29) is 18.1 Å². The van der Waals surface area contributed by atoms with Gasteiger partial charge in [-0.2, -0.15) is 13.2 Å². The standard InChI is InChI=1S/C17H21F3O3/c1-10-5-12(23-9-17(18,19)20)6-11(2)14(10)13-7-22-8-16(3,4)15(13)21/h5-6,21H,7-9H2,1-4H3. The van der Waals surface area contributed by atoms with Crippen molar-refractivity contribution in [1.82, 2.24) is 0 Å². The molecule has 0 amide bonds. The number of hydrogen-bond donors (Lipinski definition) is 1. The quantitative estimate of drug-likeness (QED) is 0.882. The highest BCUT2D eigenvalue weighted by molar-refractivity contribution is 5.75. The normalized spacial score (nSPS) is 18.2. The first-order valence-electron chi connectivity index (χ1n) is 7.33. The van der Waals surface area contributed by atoms with Crippen molar-refractivity contribution >= 4 is 5.57 Å². The highest BCUT2D eigenvalue weighted by Gasteiger charge is 2.32. The zero-order valence-corrected chi connectivity index (χ0v) is 13.7. The van der Waals surface area contributed by atoms with Gasteiger partial charge in [-0.05, 0) is 42.7 Å². The fraction of sp³-hybridized carbons (Fsp3) is 0.529. The van der Waals surface area contributed by atoms with Crippen LogP contribution in [0.2, 0.25) is 0 Å². The average Bonchev–Trinajstić information content (AvgIpc) is 2.39. The van der Waals surface area contributed by atoms with E-state index in [2.05, 4.69) is 0 Å². The van der Waals surface area contributed by atoms with E-state index in [0.717, 1.165) is 16.7 Å². The Labute approximate surface area is 133 Å². The lowest BCUT2D eigenvalue weighted by atomic mass is 9.83. The molecule has 0 unspecified atom stereocenters. The molecule has 1 heterocycles. The summed E-state index contributed by atoms with van der Waals surface area (Å²) < 4.78 is 47.2. The van der Waals surface area contributed by atoms with Gasteiger partial charge in [-0.3, -0.25) is 0 Å². The minimum atomic E-state index is -4.37. The summed E-state index contributed by atoms with van der Waals surface area (Å²) in [5.41, 5.74) is 2.47. The Bertz CT molecular complexity index is 607. The predicted molar refractivity (Wildman–Crippen MR) is 81.6 cm³/mol. The van der Waals surface area contributed by atoms with Gasteiger partial charge in [0.1, 0.15) is 11.5 Å². The molecule has 1 aliphatic heterocycles. The Hall–Kier alpha value is -1.69. The number of alkyl halides is 3. The maximum atomic E-state index is 12.3. The second-order valence-corrected chi connectivity index (χ2v) is 6.54.